The minimum atomic E-state index is -0.383. The maximum absolute atomic E-state index is 11.1. The number of hydrogen-bond donors (Lipinski definition) is 0. The molecule has 0 saturated heterocycles. The Kier molecular flexibility index (Phi) is 4.84. The third kappa shape index (κ3) is 3.58. The Labute approximate surface area is 95.8 Å². The number of carbonyl (C=O) groups is 1. The van der Waals surface area contributed by atoms with Crippen molar-refractivity contribution in [1.29, 1.82) is 5.26 Å². The largest absolute Gasteiger partial charge is 0.485 e. The third-order valence-corrected chi connectivity index (χ3v) is 2.56. The van der Waals surface area contributed by atoms with Gasteiger partial charge < -0.3 is 9.47 Å². The second-order valence-corrected chi connectivity index (χ2v) is 3.96. The van der Waals surface area contributed by atoms with Gasteiger partial charge in [-0.05, 0) is 25.7 Å². The molecule has 1 rings (SSSR count). The predicted molar refractivity (Wildman–Crippen MR) is 58.2 cm³/mol. The molecule has 1 atom stereocenters. The lowest BCUT2D eigenvalue weighted by atomic mass is 9.89. The fourth-order valence-corrected chi connectivity index (χ4v) is 1.71. The number of nitrogens with zero attached hydrogens (tertiary/aromatic N) is 1. The lowest BCUT2D eigenvalue weighted by Crippen LogP contribution is -2.15. The van der Waals surface area contributed by atoms with Crippen LogP contribution >= 0.6 is 0 Å². The SMILES string of the molecule is CCOC(=O)COC1=C(C#N)CC(C)CC1. The second kappa shape index (κ2) is 6.16. The Balaban J connectivity index is 2.52. The molecule has 1 aliphatic carbocycles. The molecule has 0 N–H and O–H groups in total. The topological polar surface area (TPSA) is 59.3 Å². The van der Waals surface area contributed by atoms with E-state index in [4.69, 9.17) is 14.7 Å². The van der Waals surface area contributed by atoms with Crippen LogP contribution in [0.2, 0.25) is 0 Å². The van der Waals surface area contributed by atoms with Crippen LogP contribution in [0.15, 0.2) is 11.3 Å². The molecule has 88 valence electrons. The van der Waals surface area contributed by atoms with Crippen LogP contribution in [-0.4, -0.2) is 19.2 Å². The zero-order chi connectivity index (χ0) is 12.0. The number of ether oxygens (including phenoxy) is 2. The van der Waals surface area contributed by atoms with E-state index in [1.54, 1.807) is 6.92 Å². The van der Waals surface area contributed by atoms with Crippen molar-refractivity contribution < 1.29 is 14.3 Å². The molecule has 0 radical (unpaired) electrons. The summed E-state index contributed by atoms with van der Waals surface area (Å²) < 4.78 is 10.1. The molecule has 0 spiro atoms. The average molecular weight is 223 g/mol. The Bertz CT molecular complexity index is 328. The smallest absolute Gasteiger partial charge is 0.344 e. The lowest BCUT2D eigenvalue weighted by molar-refractivity contribution is -0.147. The van der Waals surface area contributed by atoms with Crippen molar-refractivity contribution in [2.24, 2.45) is 5.92 Å². The van der Waals surface area contributed by atoms with Crippen LogP contribution in [0.3, 0.4) is 0 Å². The molecule has 0 aliphatic heterocycles. The third-order valence-electron chi connectivity index (χ3n) is 2.56. The van der Waals surface area contributed by atoms with Crippen molar-refractivity contribution in [1.82, 2.24) is 0 Å². The number of rotatable bonds is 4. The molecule has 1 unspecified atom stereocenters. The van der Waals surface area contributed by atoms with Gasteiger partial charge in [-0.25, -0.2) is 4.79 Å². The monoisotopic (exact) mass is 223 g/mol. The summed E-state index contributed by atoms with van der Waals surface area (Å²) in [6.45, 7) is 4.12. The molecule has 0 saturated carbocycles. The van der Waals surface area contributed by atoms with E-state index in [2.05, 4.69) is 13.0 Å². The Hall–Kier alpha value is -1.50. The van der Waals surface area contributed by atoms with Crippen LogP contribution < -0.4 is 0 Å². The van der Waals surface area contributed by atoms with Crippen molar-refractivity contribution in [2.45, 2.75) is 33.1 Å². The molecule has 1 aliphatic rings. The van der Waals surface area contributed by atoms with Gasteiger partial charge in [-0.3, -0.25) is 0 Å². The highest BCUT2D eigenvalue weighted by atomic mass is 16.6. The van der Waals surface area contributed by atoms with Gasteiger partial charge in [-0.15, -0.1) is 0 Å². The summed E-state index contributed by atoms with van der Waals surface area (Å²) in [7, 11) is 0. The van der Waals surface area contributed by atoms with E-state index in [1.165, 1.54) is 0 Å². The highest BCUT2D eigenvalue weighted by molar-refractivity contribution is 5.70. The molecule has 16 heavy (non-hydrogen) atoms. The standard InChI is InChI=1S/C12H17NO3/c1-3-15-12(14)8-16-11-5-4-9(2)6-10(11)7-13/h9H,3-6,8H2,1-2H3. The lowest BCUT2D eigenvalue weighted by Gasteiger charge is -2.21. The summed E-state index contributed by atoms with van der Waals surface area (Å²) in [6.07, 6.45) is 2.49. The maximum Gasteiger partial charge on any atom is 0.344 e. The van der Waals surface area contributed by atoms with Gasteiger partial charge in [0.25, 0.3) is 0 Å². The van der Waals surface area contributed by atoms with Crippen molar-refractivity contribution in [3.8, 4) is 6.07 Å². The van der Waals surface area contributed by atoms with E-state index >= 15 is 0 Å². The highest BCUT2D eigenvalue weighted by Crippen LogP contribution is 2.29. The summed E-state index contributed by atoms with van der Waals surface area (Å²) >= 11 is 0. The highest BCUT2D eigenvalue weighted by Gasteiger charge is 2.19. The molecule has 0 bridgehead atoms. The normalized spacial score (nSPS) is 20.2. The minimum absolute atomic E-state index is 0.0945. The van der Waals surface area contributed by atoms with Crippen LogP contribution in [0.1, 0.15) is 33.1 Å². The number of allylic oxidation sites excluding steroid dienone is 2. The van der Waals surface area contributed by atoms with Crippen molar-refractivity contribution in [2.75, 3.05) is 13.2 Å². The number of carbonyl (C=O) groups excluding carboxylic acids is 1. The van der Waals surface area contributed by atoms with Crippen LogP contribution in [0.5, 0.6) is 0 Å². The van der Waals surface area contributed by atoms with Gasteiger partial charge in [0.15, 0.2) is 6.61 Å². The minimum Gasteiger partial charge on any atom is -0.485 e. The number of nitriles is 1. The molecule has 0 heterocycles. The summed E-state index contributed by atoms with van der Waals surface area (Å²) in [5.74, 6) is 0.796. The Morgan fingerprint density at radius 3 is 3.00 bits per heavy atom. The van der Waals surface area contributed by atoms with Crippen LogP contribution in [-0.2, 0) is 14.3 Å². The van der Waals surface area contributed by atoms with Crippen LogP contribution in [0.25, 0.3) is 0 Å². The van der Waals surface area contributed by atoms with Gasteiger partial charge in [0.2, 0.25) is 0 Å². The van der Waals surface area contributed by atoms with Crippen LogP contribution in [0, 0.1) is 17.2 Å². The molecular weight excluding hydrogens is 206 g/mol. The van der Waals surface area contributed by atoms with E-state index in [0.29, 0.717) is 23.9 Å². The first-order valence-electron chi connectivity index (χ1n) is 5.57. The maximum atomic E-state index is 11.1. The van der Waals surface area contributed by atoms with Crippen LogP contribution in [0.4, 0.5) is 0 Å². The van der Waals surface area contributed by atoms with Crippen molar-refractivity contribution in [3.05, 3.63) is 11.3 Å². The molecule has 0 aromatic rings. The van der Waals surface area contributed by atoms with Gasteiger partial charge >= 0.3 is 5.97 Å². The number of esters is 1. The van der Waals surface area contributed by atoms with Gasteiger partial charge in [-0.2, -0.15) is 5.26 Å². The zero-order valence-electron chi connectivity index (χ0n) is 9.78. The molecule has 4 heteroatoms. The quantitative estimate of drug-likeness (QED) is 0.685. The van der Waals surface area contributed by atoms with E-state index in [1.807, 2.05) is 0 Å². The average Bonchev–Trinajstić information content (AvgIpc) is 2.27. The fraction of sp³-hybridized carbons (Fsp3) is 0.667. The summed E-state index contributed by atoms with van der Waals surface area (Å²) in [6, 6.07) is 2.14. The summed E-state index contributed by atoms with van der Waals surface area (Å²) in [5.41, 5.74) is 0.669. The van der Waals surface area contributed by atoms with E-state index < -0.39 is 0 Å². The molecule has 0 aromatic carbocycles. The summed E-state index contributed by atoms with van der Waals surface area (Å²) in [5, 5.41) is 8.94. The first-order valence-corrected chi connectivity index (χ1v) is 5.57. The van der Waals surface area contributed by atoms with Gasteiger partial charge in [-0.1, -0.05) is 6.92 Å². The summed E-state index contributed by atoms with van der Waals surface area (Å²) in [4.78, 5) is 11.1. The van der Waals surface area contributed by atoms with E-state index in [0.717, 1.165) is 19.3 Å². The van der Waals surface area contributed by atoms with E-state index in [-0.39, 0.29) is 12.6 Å². The first kappa shape index (κ1) is 12.6. The fourth-order valence-electron chi connectivity index (χ4n) is 1.71. The first-order chi connectivity index (χ1) is 7.67. The van der Waals surface area contributed by atoms with Crippen molar-refractivity contribution >= 4 is 5.97 Å². The Morgan fingerprint density at radius 2 is 2.38 bits per heavy atom. The number of hydrogen-bond acceptors (Lipinski definition) is 4. The van der Waals surface area contributed by atoms with Gasteiger partial charge in [0.1, 0.15) is 5.76 Å². The molecule has 0 fully saturated rings. The van der Waals surface area contributed by atoms with E-state index in [9.17, 15) is 4.79 Å². The van der Waals surface area contributed by atoms with Gasteiger partial charge in [0.05, 0.1) is 18.2 Å². The second-order valence-electron chi connectivity index (χ2n) is 3.96. The predicted octanol–water partition coefficient (Wildman–Crippen LogP) is 2.16. The van der Waals surface area contributed by atoms with Gasteiger partial charge in [0, 0.05) is 6.42 Å². The molecule has 4 nitrogen and oxygen atoms in total. The molecular formula is C12H17NO3. The zero-order valence-corrected chi connectivity index (χ0v) is 9.78. The van der Waals surface area contributed by atoms with Crippen molar-refractivity contribution in [3.63, 3.8) is 0 Å². The Morgan fingerprint density at radius 1 is 1.62 bits per heavy atom. The molecule has 0 amide bonds. The molecule has 0 aromatic heterocycles.